The summed E-state index contributed by atoms with van der Waals surface area (Å²) in [6, 6.07) is 31.0. The summed E-state index contributed by atoms with van der Waals surface area (Å²) in [6.07, 6.45) is 10.2. The van der Waals surface area contributed by atoms with Crippen molar-refractivity contribution < 1.29 is 9.59 Å². The highest BCUT2D eigenvalue weighted by molar-refractivity contribution is 5.92. The van der Waals surface area contributed by atoms with Crippen LogP contribution in [0.15, 0.2) is 97.1 Å². The SMILES string of the molecule is O=C(CCN(C(=O)/C=C/c1ccccc1)C1CCCCC1)NCCC(c1ccccc1)c1ccccc1. The number of carbonyl (C=O) groups is 2. The molecule has 0 radical (unpaired) electrons. The zero-order chi connectivity index (χ0) is 25.7. The largest absolute Gasteiger partial charge is 0.356 e. The van der Waals surface area contributed by atoms with Crippen LogP contribution in [0.1, 0.15) is 67.6 Å². The van der Waals surface area contributed by atoms with E-state index in [-0.39, 0.29) is 23.8 Å². The smallest absolute Gasteiger partial charge is 0.246 e. The lowest BCUT2D eigenvalue weighted by molar-refractivity contribution is -0.130. The molecule has 1 saturated carbocycles. The molecule has 3 aromatic rings. The molecule has 4 rings (SSSR count). The minimum atomic E-state index is -0.00299. The van der Waals surface area contributed by atoms with Crippen molar-refractivity contribution >= 4 is 17.9 Å². The van der Waals surface area contributed by atoms with Crippen LogP contribution >= 0.6 is 0 Å². The number of benzene rings is 3. The average Bonchev–Trinajstić information content (AvgIpc) is 2.96. The lowest BCUT2D eigenvalue weighted by Crippen LogP contribution is -2.42. The minimum Gasteiger partial charge on any atom is -0.356 e. The Kier molecular flexibility index (Phi) is 10.1. The number of amides is 2. The summed E-state index contributed by atoms with van der Waals surface area (Å²) in [5.74, 6) is 0.225. The molecule has 37 heavy (non-hydrogen) atoms. The summed E-state index contributed by atoms with van der Waals surface area (Å²) in [5, 5.41) is 3.11. The first kappa shape index (κ1) is 26.4. The van der Waals surface area contributed by atoms with Crippen LogP contribution in [0.25, 0.3) is 6.08 Å². The highest BCUT2D eigenvalue weighted by Crippen LogP contribution is 2.27. The molecule has 4 nitrogen and oxygen atoms in total. The molecule has 0 unspecified atom stereocenters. The van der Waals surface area contributed by atoms with Gasteiger partial charge in [0.15, 0.2) is 0 Å². The molecule has 1 fully saturated rings. The van der Waals surface area contributed by atoms with E-state index in [1.807, 2.05) is 53.4 Å². The molecule has 0 bridgehead atoms. The summed E-state index contributed by atoms with van der Waals surface area (Å²) >= 11 is 0. The van der Waals surface area contributed by atoms with Gasteiger partial charge < -0.3 is 10.2 Å². The first-order valence-electron chi connectivity index (χ1n) is 13.6. The van der Waals surface area contributed by atoms with Gasteiger partial charge >= 0.3 is 0 Å². The van der Waals surface area contributed by atoms with E-state index < -0.39 is 0 Å². The summed E-state index contributed by atoms with van der Waals surface area (Å²) in [7, 11) is 0. The van der Waals surface area contributed by atoms with Gasteiger partial charge in [-0.1, -0.05) is 110 Å². The maximum Gasteiger partial charge on any atom is 0.246 e. The molecular weight excluding hydrogens is 456 g/mol. The molecule has 192 valence electrons. The molecule has 1 aliphatic carbocycles. The van der Waals surface area contributed by atoms with E-state index in [2.05, 4.69) is 53.8 Å². The molecule has 0 saturated heterocycles. The summed E-state index contributed by atoms with van der Waals surface area (Å²) < 4.78 is 0. The van der Waals surface area contributed by atoms with Crippen LogP contribution in [0.5, 0.6) is 0 Å². The van der Waals surface area contributed by atoms with Crippen molar-refractivity contribution in [1.82, 2.24) is 10.2 Å². The quantitative estimate of drug-likeness (QED) is 0.306. The van der Waals surface area contributed by atoms with Gasteiger partial charge in [-0.05, 0) is 42.0 Å². The van der Waals surface area contributed by atoms with Crippen LogP contribution in [0.4, 0.5) is 0 Å². The van der Waals surface area contributed by atoms with Crippen molar-refractivity contribution in [3.05, 3.63) is 114 Å². The Bertz CT molecular complexity index is 1080. The molecule has 0 aromatic heterocycles. The van der Waals surface area contributed by atoms with E-state index in [1.54, 1.807) is 6.08 Å². The summed E-state index contributed by atoms with van der Waals surface area (Å²) in [4.78, 5) is 27.9. The van der Waals surface area contributed by atoms with Crippen molar-refractivity contribution in [3.8, 4) is 0 Å². The fraction of sp³-hybridized carbons (Fsp3) is 0.333. The molecule has 1 N–H and O–H groups in total. The summed E-state index contributed by atoms with van der Waals surface area (Å²) in [5.41, 5.74) is 3.51. The normalized spacial score (nSPS) is 14.1. The van der Waals surface area contributed by atoms with Gasteiger partial charge in [-0.15, -0.1) is 0 Å². The fourth-order valence-electron chi connectivity index (χ4n) is 5.26. The Hall–Kier alpha value is -3.66. The Balaban J connectivity index is 1.33. The molecule has 0 spiro atoms. The molecule has 2 amide bonds. The second kappa shape index (κ2) is 14.2. The standard InChI is InChI=1S/C33H38N2O2/c36-32(34-25-23-31(28-15-7-2-8-16-28)29-17-9-3-10-18-29)24-26-35(30-19-11-4-12-20-30)33(37)22-21-27-13-5-1-6-14-27/h1-3,5-10,13-18,21-22,30-31H,4,11-12,19-20,23-26H2,(H,34,36)/b22-21+. The van der Waals surface area contributed by atoms with Gasteiger partial charge in [0.25, 0.3) is 0 Å². The maximum absolute atomic E-state index is 13.2. The van der Waals surface area contributed by atoms with Crippen LogP contribution in [0.2, 0.25) is 0 Å². The third-order valence-corrected chi connectivity index (χ3v) is 7.26. The lowest BCUT2D eigenvalue weighted by atomic mass is 9.88. The van der Waals surface area contributed by atoms with E-state index in [1.165, 1.54) is 17.5 Å². The van der Waals surface area contributed by atoms with E-state index in [0.717, 1.165) is 37.7 Å². The lowest BCUT2D eigenvalue weighted by Gasteiger charge is -2.33. The number of rotatable bonds is 11. The van der Waals surface area contributed by atoms with Gasteiger partial charge in [-0.25, -0.2) is 0 Å². The Labute approximate surface area is 221 Å². The Morgan fingerprint density at radius 3 is 1.97 bits per heavy atom. The van der Waals surface area contributed by atoms with Crippen molar-refractivity contribution in [3.63, 3.8) is 0 Å². The highest BCUT2D eigenvalue weighted by atomic mass is 16.2. The maximum atomic E-state index is 13.2. The third kappa shape index (κ3) is 8.18. The van der Waals surface area contributed by atoms with Gasteiger partial charge in [0, 0.05) is 37.5 Å². The van der Waals surface area contributed by atoms with Crippen molar-refractivity contribution in [2.24, 2.45) is 0 Å². The van der Waals surface area contributed by atoms with Crippen LogP contribution in [0, 0.1) is 0 Å². The van der Waals surface area contributed by atoms with E-state index in [0.29, 0.717) is 19.5 Å². The zero-order valence-corrected chi connectivity index (χ0v) is 21.6. The highest BCUT2D eigenvalue weighted by Gasteiger charge is 2.24. The monoisotopic (exact) mass is 494 g/mol. The van der Waals surface area contributed by atoms with Crippen molar-refractivity contribution in [2.45, 2.75) is 56.9 Å². The van der Waals surface area contributed by atoms with Gasteiger partial charge in [0.1, 0.15) is 0 Å². The zero-order valence-electron chi connectivity index (χ0n) is 21.6. The van der Waals surface area contributed by atoms with E-state index in [4.69, 9.17) is 0 Å². The van der Waals surface area contributed by atoms with Gasteiger partial charge in [0.2, 0.25) is 11.8 Å². The number of nitrogens with one attached hydrogen (secondary N) is 1. The molecule has 0 atom stereocenters. The number of nitrogens with zero attached hydrogens (tertiary/aromatic N) is 1. The second-order valence-corrected chi connectivity index (χ2v) is 9.83. The summed E-state index contributed by atoms with van der Waals surface area (Å²) in [6.45, 7) is 1.05. The van der Waals surface area contributed by atoms with Crippen molar-refractivity contribution in [1.29, 1.82) is 0 Å². The predicted molar refractivity (Wildman–Crippen MR) is 151 cm³/mol. The fourth-order valence-corrected chi connectivity index (χ4v) is 5.26. The molecule has 4 heteroatoms. The molecule has 1 aliphatic rings. The second-order valence-electron chi connectivity index (χ2n) is 9.83. The van der Waals surface area contributed by atoms with Gasteiger partial charge in [0.05, 0.1) is 0 Å². The van der Waals surface area contributed by atoms with E-state index in [9.17, 15) is 9.59 Å². The topological polar surface area (TPSA) is 49.4 Å². The molecule has 0 heterocycles. The van der Waals surface area contributed by atoms with Gasteiger partial charge in [-0.2, -0.15) is 0 Å². The van der Waals surface area contributed by atoms with Crippen LogP contribution in [-0.2, 0) is 9.59 Å². The Morgan fingerprint density at radius 2 is 1.38 bits per heavy atom. The minimum absolute atomic E-state index is 0.000483. The predicted octanol–water partition coefficient (Wildman–Crippen LogP) is 6.59. The number of carbonyl (C=O) groups excluding carboxylic acids is 2. The molecule has 0 aliphatic heterocycles. The first-order chi connectivity index (χ1) is 18.2. The van der Waals surface area contributed by atoms with Crippen molar-refractivity contribution in [2.75, 3.05) is 13.1 Å². The molecular formula is C33H38N2O2. The van der Waals surface area contributed by atoms with Crippen LogP contribution < -0.4 is 5.32 Å². The molecule has 3 aromatic carbocycles. The van der Waals surface area contributed by atoms with Gasteiger partial charge in [-0.3, -0.25) is 9.59 Å². The number of hydrogen-bond donors (Lipinski definition) is 1. The Morgan fingerprint density at radius 1 is 0.811 bits per heavy atom. The van der Waals surface area contributed by atoms with Crippen LogP contribution in [-0.4, -0.2) is 35.8 Å². The van der Waals surface area contributed by atoms with Crippen LogP contribution in [0.3, 0.4) is 0 Å². The third-order valence-electron chi connectivity index (χ3n) is 7.26. The number of hydrogen-bond acceptors (Lipinski definition) is 2. The first-order valence-corrected chi connectivity index (χ1v) is 13.6. The van der Waals surface area contributed by atoms with E-state index >= 15 is 0 Å². The average molecular weight is 495 g/mol.